The molecule has 0 N–H and O–H groups in total. The molecule has 4 nitrogen and oxygen atoms in total. The summed E-state index contributed by atoms with van der Waals surface area (Å²) < 4.78 is 18.9. The van der Waals surface area contributed by atoms with E-state index < -0.39 is 0 Å². The summed E-state index contributed by atoms with van der Waals surface area (Å²) in [5.74, 6) is 0.0814. The first-order valence-corrected chi connectivity index (χ1v) is 9.57. The van der Waals surface area contributed by atoms with Crippen molar-refractivity contribution in [2.45, 2.75) is 44.6 Å². The molecule has 2 saturated heterocycles. The van der Waals surface area contributed by atoms with Gasteiger partial charge in [0.05, 0.1) is 12.5 Å². The summed E-state index contributed by atoms with van der Waals surface area (Å²) in [5, 5.41) is 0. The standard InChI is InChI=1S/C20H29FN2O2/c21-18-7-3-5-17(15-18)6-4-9-22-10-12-23(13-11-22)20(24)16-19-8-1-2-14-25-19/h3,5,7,15,19H,1-2,4,6,8-14,16H2. The van der Waals surface area contributed by atoms with Crippen LogP contribution in [0.3, 0.4) is 0 Å². The fourth-order valence-electron chi connectivity index (χ4n) is 3.71. The van der Waals surface area contributed by atoms with Gasteiger partial charge in [0.25, 0.3) is 0 Å². The summed E-state index contributed by atoms with van der Waals surface area (Å²) >= 11 is 0. The van der Waals surface area contributed by atoms with Crippen molar-refractivity contribution < 1.29 is 13.9 Å². The third kappa shape index (κ3) is 5.79. The predicted molar refractivity (Wildman–Crippen MR) is 95.9 cm³/mol. The van der Waals surface area contributed by atoms with Crippen LogP contribution in [-0.2, 0) is 16.0 Å². The second-order valence-electron chi connectivity index (χ2n) is 7.15. The molecule has 25 heavy (non-hydrogen) atoms. The highest BCUT2D eigenvalue weighted by Crippen LogP contribution is 2.17. The van der Waals surface area contributed by atoms with Gasteiger partial charge in [0, 0.05) is 32.8 Å². The van der Waals surface area contributed by atoms with Gasteiger partial charge in [-0.2, -0.15) is 0 Å². The summed E-state index contributed by atoms with van der Waals surface area (Å²) in [6, 6.07) is 6.85. The van der Waals surface area contributed by atoms with Crippen molar-refractivity contribution in [1.29, 1.82) is 0 Å². The summed E-state index contributed by atoms with van der Waals surface area (Å²) in [7, 11) is 0. The zero-order chi connectivity index (χ0) is 17.5. The van der Waals surface area contributed by atoms with Crippen LogP contribution in [0.2, 0.25) is 0 Å². The van der Waals surface area contributed by atoms with Gasteiger partial charge in [-0.3, -0.25) is 9.69 Å². The third-order valence-electron chi connectivity index (χ3n) is 5.23. The lowest BCUT2D eigenvalue weighted by molar-refractivity contribution is -0.136. The van der Waals surface area contributed by atoms with E-state index in [4.69, 9.17) is 4.74 Å². The summed E-state index contributed by atoms with van der Waals surface area (Å²) in [6.45, 7) is 5.29. The molecule has 0 saturated carbocycles. The van der Waals surface area contributed by atoms with Crippen LogP contribution >= 0.6 is 0 Å². The molecule has 2 aliphatic heterocycles. The van der Waals surface area contributed by atoms with Crippen molar-refractivity contribution in [2.24, 2.45) is 0 Å². The topological polar surface area (TPSA) is 32.8 Å². The van der Waals surface area contributed by atoms with Crippen molar-refractivity contribution >= 4 is 5.91 Å². The van der Waals surface area contributed by atoms with Crippen molar-refractivity contribution in [1.82, 2.24) is 9.80 Å². The first kappa shape index (κ1) is 18.3. The molecule has 0 radical (unpaired) electrons. The van der Waals surface area contributed by atoms with E-state index in [0.717, 1.165) is 70.6 Å². The average molecular weight is 348 g/mol. The number of benzene rings is 1. The van der Waals surface area contributed by atoms with Gasteiger partial charge in [0.15, 0.2) is 0 Å². The van der Waals surface area contributed by atoms with Crippen LogP contribution in [0.1, 0.15) is 37.7 Å². The van der Waals surface area contributed by atoms with Crippen LogP contribution in [0.4, 0.5) is 4.39 Å². The van der Waals surface area contributed by atoms with E-state index >= 15 is 0 Å². The molecule has 0 spiro atoms. The quantitative estimate of drug-likeness (QED) is 0.792. The maximum absolute atomic E-state index is 13.2. The minimum atomic E-state index is -0.161. The Kier molecular flexibility index (Phi) is 6.82. The highest BCUT2D eigenvalue weighted by Gasteiger charge is 2.24. The van der Waals surface area contributed by atoms with Gasteiger partial charge >= 0.3 is 0 Å². The number of hydrogen-bond acceptors (Lipinski definition) is 3. The Balaban J connectivity index is 1.33. The van der Waals surface area contributed by atoms with Crippen LogP contribution in [0.25, 0.3) is 0 Å². The molecule has 2 heterocycles. The zero-order valence-corrected chi connectivity index (χ0v) is 15.0. The maximum Gasteiger partial charge on any atom is 0.225 e. The fourth-order valence-corrected chi connectivity index (χ4v) is 3.71. The van der Waals surface area contributed by atoms with Crippen LogP contribution in [0.5, 0.6) is 0 Å². The molecule has 2 fully saturated rings. The van der Waals surface area contributed by atoms with Crippen LogP contribution in [0.15, 0.2) is 24.3 Å². The van der Waals surface area contributed by atoms with Gasteiger partial charge in [-0.05, 0) is 56.3 Å². The van der Waals surface area contributed by atoms with E-state index in [1.165, 1.54) is 12.5 Å². The minimum absolute atomic E-state index is 0.130. The fraction of sp³-hybridized carbons (Fsp3) is 0.650. The number of halogens is 1. The lowest BCUT2D eigenvalue weighted by Gasteiger charge is -2.35. The highest BCUT2D eigenvalue weighted by molar-refractivity contribution is 5.76. The predicted octanol–water partition coefficient (Wildman–Crippen LogP) is 2.86. The number of rotatable bonds is 6. The second kappa shape index (κ2) is 9.30. The molecular formula is C20H29FN2O2. The molecule has 3 rings (SSSR count). The molecule has 1 unspecified atom stereocenters. The number of carbonyl (C=O) groups is 1. The SMILES string of the molecule is O=C(CC1CCCCO1)N1CCN(CCCc2cccc(F)c2)CC1. The second-order valence-corrected chi connectivity index (χ2v) is 7.15. The van der Waals surface area contributed by atoms with Crippen molar-refractivity contribution in [3.8, 4) is 0 Å². The van der Waals surface area contributed by atoms with Crippen molar-refractivity contribution in [2.75, 3.05) is 39.3 Å². The smallest absolute Gasteiger partial charge is 0.225 e. The number of amides is 1. The zero-order valence-electron chi connectivity index (χ0n) is 15.0. The number of aryl methyl sites for hydroxylation is 1. The molecule has 1 aromatic carbocycles. The van der Waals surface area contributed by atoms with Gasteiger partial charge in [-0.15, -0.1) is 0 Å². The third-order valence-corrected chi connectivity index (χ3v) is 5.23. The normalized spacial score (nSPS) is 22.1. The molecule has 0 aliphatic carbocycles. The van der Waals surface area contributed by atoms with Gasteiger partial charge in [-0.25, -0.2) is 4.39 Å². The molecule has 5 heteroatoms. The molecule has 1 amide bonds. The Morgan fingerprint density at radius 3 is 2.76 bits per heavy atom. The molecule has 2 aliphatic rings. The maximum atomic E-state index is 13.2. The Labute approximate surface area is 149 Å². The van der Waals surface area contributed by atoms with Crippen LogP contribution < -0.4 is 0 Å². The first-order valence-electron chi connectivity index (χ1n) is 9.57. The Morgan fingerprint density at radius 1 is 1.20 bits per heavy atom. The minimum Gasteiger partial charge on any atom is -0.378 e. The van der Waals surface area contributed by atoms with Crippen molar-refractivity contribution in [3.05, 3.63) is 35.6 Å². The van der Waals surface area contributed by atoms with E-state index in [1.54, 1.807) is 12.1 Å². The monoisotopic (exact) mass is 348 g/mol. The average Bonchev–Trinajstić information content (AvgIpc) is 2.63. The highest BCUT2D eigenvalue weighted by atomic mass is 19.1. The van der Waals surface area contributed by atoms with Gasteiger partial charge in [0.2, 0.25) is 5.91 Å². The summed E-state index contributed by atoms with van der Waals surface area (Å²) in [6.07, 6.45) is 5.91. The molecule has 138 valence electrons. The molecule has 0 aromatic heterocycles. The largest absolute Gasteiger partial charge is 0.378 e. The van der Waals surface area contributed by atoms with Gasteiger partial charge in [-0.1, -0.05) is 12.1 Å². The molecular weight excluding hydrogens is 319 g/mol. The van der Waals surface area contributed by atoms with Gasteiger partial charge < -0.3 is 9.64 Å². The van der Waals surface area contributed by atoms with Crippen LogP contribution in [-0.4, -0.2) is 61.1 Å². The Hall–Kier alpha value is -1.46. The molecule has 1 atom stereocenters. The number of hydrogen-bond donors (Lipinski definition) is 0. The van der Waals surface area contributed by atoms with E-state index in [-0.39, 0.29) is 17.8 Å². The number of nitrogens with zero attached hydrogens (tertiary/aromatic N) is 2. The van der Waals surface area contributed by atoms with Gasteiger partial charge in [0.1, 0.15) is 5.82 Å². The Morgan fingerprint density at radius 2 is 2.04 bits per heavy atom. The van der Waals surface area contributed by atoms with E-state index in [2.05, 4.69) is 4.90 Å². The van der Waals surface area contributed by atoms with Crippen molar-refractivity contribution in [3.63, 3.8) is 0 Å². The first-order chi connectivity index (χ1) is 12.2. The molecule has 1 aromatic rings. The lowest BCUT2D eigenvalue weighted by Crippen LogP contribution is -2.49. The Bertz CT molecular complexity index is 552. The van der Waals surface area contributed by atoms with E-state index in [0.29, 0.717) is 6.42 Å². The van der Waals surface area contributed by atoms with E-state index in [1.807, 2.05) is 11.0 Å². The number of carbonyl (C=O) groups excluding carboxylic acids is 1. The van der Waals surface area contributed by atoms with Crippen LogP contribution in [0, 0.1) is 5.82 Å². The lowest BCUT2D eigenvalue weighted by atomic mass is 10.1. The van der Waals surface area contributed by atoms with E-state index in [9.17, 15) is 9.18 Å². The summed E-state index contributed by atoms with van der Waals surface area (Å²) in [4.78, 5) is 16.8. The number of piperazine rings is 1. The number of ether oxygens (including phenoxy) is 1. The molecule has 0 bridgehead atoms. The summed E-state index contributed by atoms with van der Waals surface area (Å²) in [5.41, 5.74) is 1.06.